The summed E-state index contributed by atoms with van der Waals surface area (Å²) in [7, 11) is 0. The molecule has 2 aliphatic rings. The number of carbonyl (C=O) groups excluding carboxylic acids is 1. The quantitative estimate of drug-likeness (QED) is 0.256. The minimum Gasteiger partial charge on any atom is -0.335 e. The first-order valence-electron chi connectivity index (χ1n) is 15.1. The number of fused-ring (bicyclic) bond motifs is 1. The van der Waals surface area contributed by atoms with Crippen molar-refractivity contribution in [1.29, 1.82) is 0 Å². The van der Waals surface area contributed by atoms with E-state index < -0.39 is 11.7 Å². The van der Waals surface area contributed by atoms with Crippen LogP contribution in [0.3, 0.4) is 0 Å². The van der Waals surface area contributed by atoms with Crippen LogP contribution >= 0.6 is 0 Å². The fourth-order valence-corrected chi connectivity index (χ4v) is 6.17. The van der Waals surface area contributed by atoms with Crippen molar-refractivity contribution in [2.75, 3.05) is 38.0 Å². The predicted molar refractivity (Wildman–Crippen MR) is 159 cm³/mol. The molecule has 2 fully saturated rings. The van der Waals surface area contributed by atoms with Crippen molar-refractivity contribution in [2.24, 2.45) is 0 Å². The van der Waals surface area contributed by atoms with Crippen molar-refractivity contribution in [2.45, 2.75) is 64.6 Å². The number of unbranched alkanes of at least 4 members (excludes halogenated alkanes) is 1. The monoisotopic (exact) mass is 594 g/mol. The Kier molecular flexibility index (Phi) is 8.13. The average Bonchev–Trinajstić information content (AvgIpc) is 3.75. The van der Waals surface area contributed by atoms with E-state index >= 15 is 0 Å². The van der Waals surface area contributed by atoms with Gasteiger partial charge in [0.25, 0.3) is 5.91 Å². The number of amides is 1. The lowest BCUT2D eigenvalue weighted by Crippen LogP contribution is -2.49. The summed E-state index contributed by atoms with van der Waals surface area (Å²) < 4.78 is 45.1. The average molecular weight is 595 g/mol. The van der Waals surface area contributed by atoms with Gasteiger partial charge in [-0.1, -0.05) is 26.2 Å². The van der Waals surface area contributed by atoms with Crippen LogP contribution in [-0.2, 0) is 6.18 Å². The standard InChI is InChI=1S/C31H37F3N8O/c1-3-4-9-39-10-12-40(13-11-39)29(43)27-14-22-18-35-30(38-28(22)42(27)25-7-5-6-8-25)37-24-15-23(31(32,33)34)16-26(17-24)41-19-21(2)36-20-41/h14-20,25H,3-13H2,1-2H3,(H,35,37,38). The molecule has 1 aliphatic carbocycles. The van der Waals surface area contributed by atoms with E-state index in [1.807, 2.05) is 15.5 Å². The molecule has 0 radical (unpaired) electrons. The fourth-order valence-electron chi connectivity index (χ4n) is 6.17. The SMILES string of the molecule is CCCCN1CCN(C(=O)c2cc3cnc(Nc4cc(-n5cnc(C)c5)cc(C(F)(F)F)c4)nc3n2C2CCCC2)CC1. The van der Waals surface area contributed by atoms with Crippen molar-refractivity contribution >= 4 is 28.6 Å². The Morgan fingerprint density at radius 1 is 1.05 bits per heavy atom. The Morgan fingerprint density at radius 2 is 1.81 bits per heavy atom. The summed E-state index contributed by atoms with van der Waals surface area (Å²) in [6.07, 6.45) is 6.60. The molecular formula is C31H37F3N8O. The minimum absolute atomic E-state index is 0.00676. The van der Waals surface area contributed by atoms with E-state index in [0.717, 1.165) is 75.7 Å². The zero-order chi connectivity index (χ0) is 30.1. The number of aryl methyl sites for hydroxylation is 1. The third-order valence-electron chi connectivity index (χ3n) is 8.48. The summed E-state index contributed by atoms with van der Waals surface area (Å²) in [5.41, 5.74) is 1.63. The number of rotatable bonds is 8. The molecule has 1 aliphatic heterocycles. The number of nitrogens with zero attached hydrogens (tertiary/aromatic N) is 7. The Balaban J connectivity index is 1.32. The van der Waals surface area contributed by atoms with Gasteiger partial charge in [0.15, 0.2) is 0 Å². The molecule has 228 valence electrons. The zero-order valence-corrected chi connectivity index (χ0v) is 24.6. The van der Waals surface area contributed by atoms with E-state index in [-0.39, 0.29) is 23.6 Å². The molecule has 1 amide bonds. The van der Waals surface area contributed by atoms with Gasteiger partial charge in [-0.2, -0.15) is 18.2 Å². The molecule has 43 heavy (non-hydrogen) atoms. The summed E-state index contributed by atoms with van der Waals surface area (Å²) in [4.78, 5) is 31.5. The van der Waals surface area contributed by atoms with E-state index in [4.69, 9.17) is 4.98 Å². The van der Waals surface area contributed by atoms with Gasteiger partial charge in [-0.3, -0.25) is 9.69 Å². The zero-order valence-electron chi connectivity index (χ0n) is 24.6. The van der Waals surface area contributed by atoms with E-state index in [9.17, 15) is 18.0 Å². The van der Waals surface area contributed by atoms with Crippen LogP contribution in [0.5, 0.6) is 0 Å². The lowest BCUT2D eigenvalue weighted by atomic mass is 10.1. The van der Waals surface area contributed by atoms with Crippen LogP contribution in [0.1, 0.15) is 73.2 Å². The molecule has 1 saturated heterocycles. The molecule has 6 rings (SSSR count). The van der Waals surface area contributed by atoms with Crippen molar-refractivity contribution in [3.8, 4) is 5.69 Å². The normalized spacial score (nSPS) is 16.8. The highest BCUT2D eigenvalue weighted by Gasteiger charge is 2.32. The molecular weight excluding hydrogens is 557 g/mol. The van der Waals surface area contributed by atoms with Crippen molar-refractivity contribution < 1.29 is 18.0 Å². The van der Waals surface area contributed by atoms with Gasteiger partial charge >= 0.3 is 6.18 Å². The number of halogens is 3. The number of nitrogens with one attached hydrogen (secondary N) is 1. The molecule has 1 N–H and O–H groups in total. The second-order valence-corrected chi connectivity index (χ2v) is 11.6. The minimum atomic E-state index is -4.54. The molecule has 9 nitrogen and oxygen atoms in total. The smallest absolute Gasteiger partial charge is 0.335 e. The third kappa shape index (κ3) is 6.24. The number of hydrogen-bond acceptors (Lipinski definition) is 6. The molecule has 12 heteroatoms. The Bertz CT molecular complexity index is 1600. The largest absolute Gasteiger partial charge is 0.416 e. The van der Waals surface area contributed by atoms with Crippen LogP contribution in [0.15, 0.2) is 43.0 Å². The Hall–Kier alpha value is -3.93. The maximum Gasteiger partial charge on any atom is 0.416 e. The molecule has 0 unspecified atom stereocenters. The number of hydrogen-bond donors (Lipinski definition) is 1. The molecule has 0 bridgehead atoms. The summed E-state index contributed by atoms with van der Waals surface area (Å²) >= 11 is 0. The molecule has 1 aromatic carbocycles. The summed E-state index contributed by atoms with van der Waals surface area (Å²) in [6, 6.07) is 5.74. The number of anilines is 2. The second-order valence-electron chi connectivity index (χ2n) is 11.6. The molecule has 0 atom stereocenters. The van der Waals surface area contributed by atoms with Crippen molar-refractivity contribution in [1.82, 2.24) is 33.9 Å². The van der Waals surface area contributed by atoms with E-state index in [0.29, 0.717) is 35.8 Å². The topological polar surface area (TPSA) is 84.1 Å². The molecule has 4 aromatic rings. The maximum absolute atomic E-state index is 13.9. The van der Waals surface area contributed by atoms with Crippen LogP contribution in [0.2, 0.25) is 0 Å². The van der Waals surface area contributed by atoms with Gasteiger partial charge in [0, 0.05) is 61.4 Å². The Morgan fingerprint density at radius 3 is 2.49 bits per heavy atom. The van der Waals surface area contributed by atoms with Gasteiger partial charge < -0.3 is 19.4 Å². The number of piperazine rings is 1. The summed E-state index contributed by atoms with van der Waals surface area (Å²) in [5, 5.41) is 3.73. The lowest BCUT2D eigenvalue weighted by Gasteiger charge is -2.35. The van der Waals surface area contributed by atoms with E-state index in [1.54, 1.807) is 30.0 Å². The van der Waals surface area contributed by atoms with Crippen LogP contribution < -0.4 is 5.32 Å². The highest BCUT2D eigenvalue weighted by atomic mass is 19.4. The lowest BCUT2D eigenvalue weighted by molar-refractivity contribution is -0.137. The number of benzene rings is 1. The number of aromatic nitrogens is 5. The first kappa shape index (κ1) is 29.2. The van der Waals surface area contributed by atoms with E-state index in [2.05, 4.69) is 27.1 Å². The summed E-state index contributed by atoms with van der Waals surface area (Å²) in [5.74, 6) is 0.160. The predicted octanol–water partition coefficient (Wildman–Crippen LogP) is 6.36. The number of carbonyl (C=O) groups is 1. The molecule has 0 spiro atoms. The highest BCUT2D eigenvalue weighted by molar-refractivity contribution is 5.98. The number of imidazole rings is 1. The van der Waals surface area contributed by atoms with Gasteiger partial charge in [-0.25, -0.2) is 9.97 Å². The second kappa shape index (κ2) is 12.0. The van der Waals surface area contributed by atoms with Crippen LogP contribution in [0.25, 0.3) is 16.7 Å². The van der Waals surface area contributed by atoms with Crippen LogP contribution in [0, 0.1) is 6.92 Å². The first-order valence-corrected chi connectivity index (χ1v) is 15.1. The molecule has 1 saturated carbocycles. The van der Waals surface area contributed by atoms with E-state index in [1.165, 1.54) is 6.33 Å². The molecule has 3 aromatic heterocycles. The molecule has 4 heterocycles. The fraction of sp³-hybridized carbons (Fsp3) is 0.484. The van der Waals surface area contributed by atoms with Gasteiger partial charge in [-0.05, 0) is 57.0 Å². The van der Waals surface area contributed by atoms with Crippen LogP contribution in [-0.4, -0.2) is 72.5 Å². The van der Waals surface area contributed by atoms with Crippen molar-refractivity contribution in [3.63, 3.8) is 0 Å². The van der Waals surface area contributed by atoms with Gasteiger partial charge in [0.05, 0.1) is 17.6 Å². The van der Waals surface area contributed by atoms with Gasteiger partial charge in [-0.15, -0.1) is 0 Å². The first-order chi connectivity index (χ1) is 20.7. The highest BCUT2D eigenvalue weighted by Crippen LogP contribution is 2.36. The number of alkyl halides is 3. The Labute approximate surface area is 248 Å². The summed E-state index contributed by atoms with van der Waals surface area (Å²) in [6.45, 7) is 8.11. The van der Waals surface area contributed by atoms with Gasteiger partial charge in [0.2, 0.25) is 5.95 Å². The maximum atomic E-state index is 13.9. The van der Waals surface area contributed by atoms with Gasteiger partial charge in [0.1, 0.15) is 11.3 Å². The van der Waals surface area contributed by atoms with Crippen molar-refractivity contribution in [3.05, 3.63) is 59.9 Å². The third-order valence-corrected chi connectivity index (χ3v) is 8.48. The van der Waals surface area contributed by atoms with Crippen LogP contribution in [0.4, 0.5) is 24.8 Å².